The molecule has 3 aliphatic rings. The van der Waals surface area contributed by atoms with Gasteiger partial charge in [-0.1, -0.05) is 20.3 Å². The first-order valence-electron chi connectivity index (χ1n) is 7.51. The number of hydrogen-bond acceptors (Lipinski definition) is 1. The molecule has 0 radical (unpaired) electrons. The molecule has 3 fully saturated rings. The summed E-state index contributed by atoms with van der Waals surface area (Å²) in [5.74, 6) is 5.33. The normalized spacial score (nSPS) is 47.2. The average molecular weight is 221 g/mol. The van der Waals surface area contributed by atoms with Gasteiger partial charge >= 0.3 is 0 Å². The number of fused-ring (bicyclic) bond motifs is 2. The molecule has 3 rings (SSSR count). The maximum absolute atomic E-state index is 3.76. The van der Waals surface area contributed by atoms with E-state index in [0.29, 0.717) is 0 Å². The van der Waals surface area contributed by atoms with Crippen molar-refractivity contribution in [2.45, 2.75) is 58.4 Å². The van der Waals surface area contributed by atoms with Gasteiger partial charge in [0.1, 0.15) is 0 Å². The van der Waals surface area contributed by atoms with Crippen molar-refractivity contribution in [3.63, 3.8) is 0 Å². The van der Waals surface area contributed by atoms with Gasteiger partial charge < -0.3 is 5.32 Å². The maximum atomic E-state index is 3.76. The highest BCUT2D eigenvalue weighted by atomic mass is 14.9. The smallest absolute Gasteiger partial charge is 0.0101 e. The molecule has 16 heavy (non-hydrogen) atoms. The summed E-state index contributed by atoms with van der Waals surface area (Å²) in [6.07, 6.45) is 9.21. The first-order valence-corrected chi connectivity index (χ1v) is 7.51. The van der Waals surface area contributed by atoms with Gasteiger partial charge in [-0.05, 0) is 68.2 Å². The van der Waals surface area contributed by atoms with Crippen molar-refractivity contribution >= 4 is 0 Å². The summed E-state index contributed by atoms with van der Waals surface area (Å²) in [6, 6.07) is 0.851. The summed E-state index contributed by atoms with van der Waals surface area (Å²) in [5, 5.41) is 3.76. The van der Waals surface area contributed by atoms with E-state index in [1.807, 2.05) is 0 Å². The van der Waals surface area contributed by atoms with E-state index in [0.717, 1.165) is 42.2 Å². The topological polar surface area (TPSA) is 12.0 Å². The van der Waals surface area contributed by atoms with Crippen LogP contribution in [0.5, 0.6) is 0 Å². The molecular formula is C15H27N. The second-order valence-corrected chi connectivity index (χ2v) is 6.71. The van der Waals surface area contributed by atoms with Gasteiger partial charge in [0.05, 0.1) is 0 Å². The molecule has 0 aliphatic heterocycles. The van der Waals surface area contributed by atoms with E-state index in [4.69, 9.17) is 0 Å². The van der Waals surface area contributed by atoms with Crippen LogP contribution < -0.4 is 5.32 Å². The van der Waals surface area contributed by atoms with Crippen LogP contribution in [0.1, 0.15) is 52.4 Å². The summed E-state index contributed by atoms with van der Waals surface area (Å²) >= 11 is 0. The zero-order valence-electron chi connectivity index (χ0n) is 10.9. The minimum atomic E-state index is 0.851. The van der Waals surface area contributed by atoms with E-state index < -0.39 is 0 Å². The van der Waals surface area contributed by atoms with E-state index in [9.17, 15) is 0 Å². The third-order valence-electron chi connectivity index (χ3n) is 5.60. The highest BCUT2D eigenvalue weighted by Crippen LogP contribution is 2.52. The van der Waals surface area contributed by atoms with Crippen LogP contribution in [0.15, 0.2) is 0 Å². The van der Waals surface area contributed by atoms with Crippen molar-refractivity contribution in [2.75, 3.05) is 6.54 Å². The second kappa shape index (κ2) is 4.33. The Labute approximate surface area is 100 Å². The summed E-state index contributed by atoms with van der Waals surface area (Å²) < 4.78 is 0. The number of nitrogens with one attached hydrogen (secondary N) is 1. The fraction of sp³-hybridized carbons (Fsp3) is 1.00. The monoisotopic (exact) mass is 221 g/mol. The molecule has 0 aromatic heterocycles. The molecule has 1 heteroatoms. The van der Waals surface area contributed by atoms with Crippen molar-refractivity contribution in [3.8, 4) is 0 Å². The van der Waals surface area contributed by atoms with Crippen molar-refractivity contribution < 1.29 is 0 Å². The van der Waals surface area contributed by atoms with Crippen LogP contribution >= 0.6 is 0 Å². The maximum Gasteiger partial charge on any atom is 0.0101 e. The predicted molar refractivity (Wildman–Crippen MR) is 68.3 cm³/mol. The minimum Gasteiger partial charge on any atom is -0.314 e. The van der Waals surface area contributed by atoms with E-state index in [-0.39, 0.29) is 0 Å². The van der Waals surface area contributed by atoms with Gasteiger partial charge in [-0.2, -0.15) is 0 Å². The molecule has 0 amide bonds. The Kier molecular flexibility index (Phi) is 2.99. The van der Waals surface area contributed by atoms with E-state index in [2.05, 4.69) is 19.2 Å². The largest absolute Gasteiger partial charge is 0.314 e. The van der Waals surface area contributed by atoms with Gasteiger partial charge in [-0.25, -0.2) is 0 Å². The van der Waals surface area contributed by atoms with Gasteiger partial charge in [0.2, 0.25) is 0 Å². The second-order valence-electron chi connectivity index (χ2n) is 6.71. The summed E-state index contributed by atoms with van der Waals surface area (Å²) in [4.78, 5) is 0. The molecule has 0 spiro atoms. The van der Waals surface area contributed by atoms with Gasteiger partial charge in [-0.3, -0.25) is 0 Å². The van der Waals surface area contributed by atoms with Crippen molar-refractivity contribution in [3.05, 3.63) is 0 Å². The molecule has 92 valence electrons. The predicted octanol–water partition coefficient (Wildman–Crippen LogP) is 3.45. The zero-order valence-corrected chi connectivity index (χ0v) is 10.9. The van der Waals surface area contributed by atoms with Crippen LogP contribution in [0, 0.1) is 29.6 Å². The third-order valence-corrected chi connectivity index (χ3v) is 5.60. The molecule has 6 unspecified atom stereocenters. The quantitative estimate of drug-likeness (QED) is 0.750. The lowest BCUT2D eigenvalue weighted by atomic mass is 9.83. The van der Waals surface area contributed by atoms with Crippen molar-refractivity contribution in [1.29, 1.82) is 0 Å². The third kappa shape index (κ3) is 2.03. The van der Waals surface area contributed by atoms with Gasteiger partial charge in [0.25, 0.3) is 0 Å². The van der Waals surface area contributed by atoms with Crippen LogP contribution in [-0.4, -0.2) is 12.6 Å². The summed E-state index contributed by atoms with van der Waals surface area (Å²) in [7, 11) is 0. The first-order chi connectivity index (χ1) is 7.78. The van der Waals surface area contributed by atoms with E-state index in [1.54, 1.807) is 25.7 Å². The van der Waals surface area contributed by atoms with Gasteiger partial charge in [0.15, 0.2) is 0 Å². The molecule has 1 nitrogen and oxygen atoms in total. The fourth-order valence-electron chi connectivity index (χ4n) is 4.57. The molecular weight excluding hydrogens is 194 g/mol. The summed E-state index contributed by atoms with van der Waals surface area (Å²) in [6.45, 7) is 5.85. The number of hydrogen-bond donors (Lipinski definition) is 1. The van der Waals surface area contributed by atoms with Gasteiger partial charge in [-0.15, -0.1) is 0 Å². The Morgan fingerprint density at radius 3 is 2.50 bits per heavy atom. The minimum absolute atomic E-state index is 0.851. The molecule has 1 N–H and O–H groups in total. The van der Waals surface area contributed by atoms with E-state index in [1.165, 1.54) is 12.8 Å². The molecule has 0 saturated heterocycles. The molecule has 0 aromatic carbocycles. The van der Waals surface area contributed by atoms with Crippen LogP contribution in [0.25, 0.3) is 0 Å². The Morgan fingerprint density at radius 2 is 2.00 bits per heavy atom. The van der Waals surface area contributed by atoms with Crippen LogP contribution in [0.3, 0.4) is 0 Å². The Bertz CT molecular complexity index is 250. The van der Waals surface area contributed by atoms with Crippen molar-refractivity contribution in [2.24, 2.45) is 29.6 Å². The van der Waals surface area contributed by atoms with Crippen LogP contribution in [-0.2, 0) is 0 Å². The highest BCUT2D eigenvalue weighted by molar-refractivity contribution is 4.97. The SMILES string of the molecule is CCNC(CC1CC2CCC1C2)C1CC1C. The fourth-order valence-corrected chi connectivity index (χ4v) is 4.57. The lowest BCUT2D eigenvalue weighted by molar-refractivity contribution is 0.264. The molecule has 6 atom stereocenters. The van der Waals surface area contributed by atoms with E-state index >= 15 is 0 Å². The Hall–Kier alpha value is -0.0400. The molecule has 0 aromatic rings. The zero-order chi connectivity index (χ0) is 11.1. The lowest BCUT2D eigenvalue weighted by Crippen LogP contribution is -2.34. The average Bonchev–Trinajstić information content (AvgIpc) is 2.72. The standard InChI is InChI=1S/C15H27N/c1-3-16-15(14-6-10(14)2)9-13-8-11-4-5-12(13)7-11/h10-16H,3-9H2,1-2H3. The lowest BCUT2D eigenvalue weighted by Gasteiger charge is -2.27. The molecule has 3 aliphatic carbocycles. The molecule has 3 saturated carbocycles. The van der Waals surface area contributed by atoms with Crippen molar-refractivity contribution in [1.82, 2.24) is 5.32 Å². The van der Waals surface area contributed by atoms with Crippen LogP contribution in [0.4, 0.5) is 0 Å². The van der Waals surface area contributed by atoms with Gasteiger partial charge in [0, 0.05) is 6.04 Å². The Balaban J connectivity index is 1.55. The first kappa shape index (κ1) is 11.1. The molecule has 0 heterocycles. The Morgan fingerprint density at radius 1 is 1.19 bits per heavy atom. The number of rotatable bonds is 5. The summed E-state index contributed by atoms with van der Waals surface area (Å²) in [5.41, 5.74) is 0. The molecule has 2 bridgehead atoms. The highest BCUT2D eigenvalue weighted by Gasteiger charge is 2.44. The van der Waals surface area contributed by atoms with Crippen LogP contribution in [0.2, 0.25) is 0 Å².